The summed E-state index contributed by atoms with van der Waals surface area (Å²) in [6, 6.07) is 13.0. The molecule has 1 atom stereocenters. The van der Waals surface area contributed by atoms with Crippen LogP contribution in [0.5, 0.6) is 0 Å². The number of fused-ring (bicyclic) bond motifs is 2. The molecule has 43 heavy (non-hydrogen) atoms. The molecule has 0 saturated carbocycles. The van der Waals surface area contributed by atoms with Crippen LogP contribution in [0.15, 0.2) is 61.1 Å². The average Bonchev–Trinajstić information content (AvgIpc) is 3.49. The fourth-order valence-electron chi connectivity index (χ4n) is 4.88. The molecule has 0 radical (unpaired) electrons. The number of hydrazine groups is 1. The van der Waals surface area contributed by atoms with Gasteiger partial charge in [-0.15, -0.1) is 10.2 Å². The van der Waals surface area contributed by atoms with Crippen LogP contribution in [0.1, 0.15) is 31.2 Å². The first kappa shape index (κ1) is 30.0. The molecule has 0 unspecified atom stereocenters. The van der Waals surface area contributed by atoms with Gasteiger partial charge < -0.3 is 9.47 Å². The highest BCUT2D eigenvalue weighted by Gasteiger charge is 2.27. The van der Waals surface area contributed by atoms with E-state index in [1.807, 2.05) is 28.8 Å². The topological polar surface area (TPSA) is 126 Å². The molecule has 14 heteroatoms. The van der Waals surface area contributed by atoms with Gasteiger partial charge >= 0.3 is 0 Å². The number of hydrogen-bond acceptors (Lipinski definition) is 8. The Kier molecular flexibility index (Phi) is 9.55. The number of carbonyl (C=O) groups is 3. The fourth-order valence-corrected chi connectivity index (χ4v) is 5.07. The SMILES string of the molecule is CC(=O)N(NCc1cccc(F)c1Cl)[C@@H](CCC(=O)N1CCn2cnnc2C1)CON(C=O)c1cc2ccccc2cn1. The van der Waals surface area contributed by atoms with Crippen LogP contribution in [0.4, 0.5) is 10.2 Å². The fraction of sp³-hybridized carbons (Fsp3) is 0.310. The van der Waals surface area contributed by atoms with E-state index in [9.17, 15) is 18.8 Å². The van der Waals surface area contributed by atoms with Crippen molar-refractivity contribution in [1.82, 2.24) is 35.1 Å². The van der Waals surface area contributed by atoms with Crippen LogP contribution in [0, 0.1) is 5.82 Å². The lowest BCUT2D eigenvalue weighted by atomic mass is 10.1. The third-order valence-electron chi connectivity index (χ3n) is 7.20. The molecule has 12 nitrogen and oxygen atoms in total. The van der Waals surface area contributed by atoms with Crippen molar-refractivity contribution < 1.29 is 23.6 Å². The quantitative estimate of drug-likeness (QED) is 0.192. The minimum absolute atomic E-state index is 0.0338. The van der Waals surface area contributed by atoms with Crippen molar-refractivity contribution in [3.05, 3.63) is 83.3 Å². The van der Waals surface area contributed by atoms with Gasteiger partial charge in [-0.1, -0.05) is 48.0 Å². The van der Waals surface area contributed by atoms with Gasteiger partial charge in [-0.3, -0.25) is 24.2 Å². The number of rotatable bonds is 12. The van der Waals surface area contributed by atoms with Crippen LogP contribution < -0.4 is 10.5 Å². The highest BCUT2D eigenvalue weighted by molar-refractivity contribution is 6.31. The first-order chi connectivity index (χ1) is 20.8. The predicted octanol–water partition coefficient (Wildman–Crippen LogP) is 3.26. The van der Waals surface area contributed by atoms with Crippen molar-refractivity contribution in [3.8, 4) is 0 Å². The zero-order valence-corrected chi connectivity index (χ0v) is 24.2. The molecular formula is C29H30ClFN8O4. The second-order valence-corrected chi connectivity index (χ2v) is 10.4. The van der Waals surface area contributed by atoms with Gasteiger partial charge in [-0.25, -0.2) is 14.8 Å². The third kappa shape index (κ3) is 7.13. The Bertz CT molecular complexity index is 1620. The van der Waals surface area contributed by atoms with Crippen LogP contribution >= 0.6 is 11.6 Å². The van der Waals surface area contributed by atoms with Gasteiger partial charge in [0.25, 0.3) is 0 Å². The Morgan fingerprint density at radius 3 is 2.79 bits per heavy atom. The molecular weight excluding hydrogens is 579 g/mol. The molecule has 0 saturated heterocycles. The molecule has 3 amide bonds. The van der Waals surface area contributed by atoms with Crippen molar-refractivity contribution >= 4 is 46.4 Å². The third-order valence-corrected chi connectivity index (χ3v) is 7.63. The highest BCUT2D eigenvalue weighted by atomic mass is 35.5. The monoisotopic (exact) mass is 608 g/mol. The molecule has 0 spiro atoms. The zero-order valence-electron chi connectivity index (χ0n) is 23.4. The predicted molar refractivity (Wildman–Crippen MR) is 155 cm³/mol. The summed E-state index contributed by atoms with van der Waals surface area (Å²) in [6.07, 6.45) is 4.04. The summed E-state index contributed by atoms with van der Waals surface area (Å²) in [5.41, 5.74) is 3.45. The molecule has 1 N–H and O–H groups in total. The lowest BCUT2D eigenvalue weighted by Gasteiger charge is -2.33. The number of halogens is 2. The number of aromatic nitrogens is 4. The molecule has 2 aromatic heterocycles. The van der Waals surface area contributed by atoms with E-state index < -0.39 is 11.9 Å². The van der Waals surface area contributed by atoms with Crippen LogP contribution in [0.25, 0.3) is 10.8 Å². The Balaban J connectivity index is 1.32. The van der Waals surface area contributed by atoms with Crippen molar-refractivity contribution in [3.63, 3.8) is 0 Å². The van der Waals surface area contributed by atoms with E-state index in [1.54, 1.807) is 29.6 Å². The van der Waals surface area contributed by atoms with Crippen molar-refractivity contribution in [2.45, 2.75) is 45.4 Å². The van der Waals surface area contributed by atoms with Crippen LogP contribution in [0.2, 0.25) is 5.02 Å². The number of nitrogens with one attached hydrogen (secondary N) is 1. The van der Waals surface area contributed by atoms with Gasteiger partial charge in [0.1, 0.15) is 12.1 Å². The molecule has 1 aliphatic heterocycles. The number of hydrogen-bond donors (Lipinski definition) is 1. The first-order valence-corrected chi connectivity index (χ1v) is 14.0. The van der Waals surface area contributed by atoms with Crippen molar-refractivity contribution in [2.75, 3.05) is 18.2 Å². The number of carbonyl (C=O) groups excluding carboxylic acids is 3. The van der Waals surface area contributed by atoms with E-state index in [2.05, 4.69) is 20.6 Å². The maximum absolute atomic E-state index is 14.0. The molecule has 4 aromatic rings. The zero-order chi connectivity index (χ0) is 30.3. The van der Waals surface area contributed by atoms with Gasteiger partial charge in [0.15, 0.2) is 11.6 Å². The van der Waals surface area contributed by atoms with Gasteiger partial charge in [0.2, 0.25) is 18.2 Å². The van der Waals surface area contributed by atoms with Gasteiger partial charge in [-0.05, 0) is 29.5 Å². The number of benzene rings is 2. The first-order valence-electron chi connectivity index (χ1n) is 13.7. The van der Waals surface area contributed by atoms with Crippen LogP contribution in [0.3, 0.4) is 0 Å². The lowest BCUT2D eigenvalue weighted by Crippen LogP contribution is -2.51. The van der Waals surface area contributed by atoms with Gasteiger partial charge in [0.05, 0.1) is 24.2 Å². The van der Waals surface area contributed by atoms with Crippen molar-refractivity contribution in [2.24, 2.45) is 0 Å². The maximum atomic E-state index is 14.0. The molecule has 2 aromatic carbocycles. The molecule has 0 aliphatic carbocycles. The number of pyridine rings is 1. The second kappa shape index (κ2) is 13.7. The summed E-state index contributed by atoms with van der Waals surface area (Å²) < 4.78 is 15.9. The van der Waals surface area contributed by atoms with E-state index in [1.165, 1.54) is 24.1 Å². The van der Waals surface area contributed by atoms with E-state index in [0.29, 0.717) is 37.4 Å². The van der Waals surface area contributed by atoms with E-state index >= 15 is 0 Å². The number of anilines is 1. The smallest absolute Gasteiger partial charge is 0.239 e. The summed E-state index contributed by atoms with van der Waals surface area (Å²) in [6.45, 7) is 2.66. The normalized spacial score (nSPS) is 13.4. The molecule has 0 bridgehead atoms. The summed E-state index contributed by atoms with van der Waals surface area (Å²) in [7, 11) is 0. The highest BCUT2D eigenvalue weighted by Crippen LogP contribution is 2.22. The molecule has 224 valence electrons. The van der Waals surface area contributed by atoms with Gasteiger partial charge in [0, 0.05) is 44.6 Å². The standard InChI is InChI=1S/C29H30ClFN8O4/c1-20(41)39(34-15-23-7-4-8-25(31)29(23)30)24(9-10-28(42)36-11-12-37-18-33-35-27(37)16-36)17-43-38(19-40)26-13-21-5-2-3-6-22(21)14-32-26/h2-8,13-14,18-19,24,34H,9-12,15-17H2,1H3/t24-/m0/s1. The van der Waals surface area contributed by atoms with E-state index in [4.69, 9.17) is 16.4 Å². The average molecular weight is 609 g/mol. The largest absolute Gasteiger partial charge is 0.333 e. The van der Waals surface area contributed by atoms with Crippen molar-refractivity contribution in [1.29, 1.82) is 0 Å². The Labute approximate surface area is 251 Å². The lowest BCUT2D eigenvalue weighted by molar-refractivity contribution is -0.140. The summed E-state index contributed by atoms with van der Waals surface area (Å²) in [5, 5.41) is 12.0. The van der Waals surface area contributed by atoms with Crippen LogP contribution in [-0.4, -0.2) is 67.1 Å². The second-order valence-electron chi connectivity index (χ2n) is 10.0. The Hall–Kier alpha value is -4.46. The summed E-state index contributed by atoms with van der Waals surface area (Å²) in [4.78, 5) is 49.9. The molecule has 5 rings (SSSR count). The van der Waals surface area contributed by atoms with E-state index in [0.717, 1.165) is 15.8 Å². The Morgan fingerprint density at radius 1 is 1.19 bits per heavy atom. The number of amides is 3. The molecule has 0 fully saturated rings. The minimum Gasteiger partial charge on any atom is -0.333 e. The Morgan fingerprint density at radius 2 is 2.00 bits per heavy atom. The number of nitrogens with zero attached hydrogens (tertiary/aromatic N) is 7. The van der Waals surface area contributed by atoms with Gasteiger partial charge in [-0.2, -0.15) is 5.06 Å². The molecule has 1 aliphatic rings. The summed E-state index contributed by atoms with van der Waals surface area (Å²) in [5.74, 6) is -0.124. The summed E-state index contributed by atoms with van der Waals surface area (Å²) >= 11 is 6.13. The minimum atomic E-state index is -0.704. The van der Waals surface area contributed by atoms with Crippen LogP contribution in [-0.2, 0) is 38.9 Å². The maximum Gasteiger partial charge on any atom is 0.239 e. The molecule has 3 heterocycles. The van der Waals surface area contributed by atoms with E-state index in [-0.39, 0.29) is 48.6 Å². The number of hydroxylamine groups is 1.